The average molecular weight is 365 g/mol. The largest absolute Gasteiger partial charge is 0.496 e. The minimum Gasteiger partial charge on any atom is -0.496 e. The van der Waals surface area contributed by atoms with E-state index in [2.05, 4.69) is 42.5 Å². The summed E-state index contributed by atoms with van der Waals surface area (Å²) in [6.45, 7) is 9.48. The van der Waals surface area contributed by atoms with Crippen molar-refractivity contribution in [1.29, 1.82) is 0 Å². The predicted molar refractivity (Wildman–Crippen MR) is 109 cm³/mol. The van der Waals surface area contributed by atoms with Crippen LogP contribution in [-0.2, 0) is 4.74 Å². The fourth-order valence-electron chi connectivity index (χ4n) is 2.70. The van der Waals surface area contributed by atoms with Gasteiger partial charge in [0.15, 0.2) is 5.96 Å². The second kappa shape index (κ2) is 13.4. The number of hydrogen-bond acceptors (Lipinski definition) is 4. The van der Waals surface area contributed by atoms with Gasteiger partial charge in [-0.2, -0.15) is 0 Å². The van der Waals surface area contributed by atoms with E-state index in [-0.39, 0.29) is 0 Å². The van der Waals surface area contributed by atoms with E-state index in [1.165, 1.54) is 5.56 Å². The second-order valence-electron chi connectivity index (χ2n) is 6.44. The van der Waals surface area contributed by atoms with Crippen LogP contribution in [0.15, 0.2) is 29.3 Å². The number of rotatable bonds is 12. The lowest BCUT2D eigenvalue weighted by Gasteiger charge is -2.19. The molecular weight excluding hydrogens is 328 g/mol. The number of nitrogens with zero attached hydrogens (tertiary/aromatic N) is 2. The molecule has 1 unspecified atom stereocenters. The Morgan fingerprint density at radius 2 is 1.96 bits per heavy atom. The molecular formula is C20H36N4O2. The number of methoxy groups -OCH3 is 2. The summed E-state index contributed by atoms with van der Waals surface area (Å²) in [5, 5.41) is 6.73. The first kappa shape index (κ1) is 22.3. The van der Waals surface area contributed by atoms with Crippen molar-refractivity contribution in [3.8, 4) is 5.75 Å². The van der Waals surface area contributed by atoms with Crippen LogP contribution in [0.1, 0.15) is 31.7 Å². The van der Waals surface area contributed by atoms with Gasteiger partial charge in [0.05, 0.1) is 7.11 Å². The first-order valence-corrected chi connectivity index (χ1v) is 9.44. The van der Waals surface area contributed by atoms with Crippen LogP contribution in [0.3, 0.4) is 0 Å². The van der Waals surface area contributed by atoms with Crippen LogP contribution >= 0.6 is 0 Å². The highest BCUT2D eigenvalue weighted by molar-refractivity contribution is 5.79. The van der Waals surface area contributed by atoms with Gasteiger partial charge >= 0.3 is 0 Å². The van der Waals surface area contributed by atoms with Crippen LogP contribution in [0.2, 0.25) is 0 Å². The normalized spacial score (nSPS) is 12.9. The summed E-state index contributed by atoms with van der Waals surface area (Å²) in [5.41, 5.74) is 1.19. The number of para-hydroxylation sites is 1. The van der Waals surface area contributed by atoms with E-state index in [4.69, 9.17) is 14.5 Å². The third-order valence-corrected chi connectivity index (χ3v) is 4.21. The molecule has 0 radical (unpaired) electrons. The Hall–Kier alpha value is -1.79. The van der Waals surface area contributed by atoms with Crippen molar-refractivity contribution in [2.75, 3.05) is 60.6 Å². The maximum absolute atomic E-state index is 5.46. The second-order valence-corrected chi connectivity index (χ2v) is 6.44. The highest BCUT2D eigenvalue weighted by Gasteiger charge is 2.10. The molecule has 0 saturated heterocycles. The number of guanidine groups is 1. The molecule has 0 spiro atoms. The van der Waals surface area contributed by atoms with E-state index in [0.717, 1.165) is 50.9 Å². The third-order valence-electron chi connectivity index (χ3n) is 4.21. The van der Waals surface area contributed by atoms with Crippen molar-refractivity contribution in [2.45, 2.75) is 26.2 Å². The van der Waals surface area contributed by atoms with E-state index in [1.807, 2.05) is 18.2 Å². The summed E-state index contributed by atoms with van der Waals surface area (Å²) in [7, 11) is 5.58. The number of likely N-dealkylation sites (N-methyl/N-ethyl adjacent to an activating group) is 1. The SMILES string of the molecule is CCNC(=NCC(C)c1ccccc1OC)NCCN(C)CCCOC. The lowest BCUT2D eigenvalue weighted by atomic mass is 10.0. The number of benzene rings is 1. The lowest BCUT2D eigenvalue weighted by molar-refractivity contribution is 0.180. The molecule has 0 aliphatic rings. The van der Waals surface area contributed by atoms with Crippen LogP contribution in [0.5, 0.6) is 5.75 Å². The smallest absolute Gasteiger partial charge is 0.191 e. The molecule has 1 atom stereocenters. The quantitative estimate of drug-likeness (QED) is 0.339. The molecule has 1 aromatic rings. The number of aliphatic imine (C=N–C) groups is 1. The molecule has 0 heterocycles. The third kappa shape index (κ3) is 8.54. The molecule has 0 saturated carbocycles. The summed E-state index contributed by atoms with van der Waals surface area (Å²) >= 11 is 0. The molecule has 0 aliphatic heterocycles. The molecule has 0 aliphatic carbocycles. The van der Waals surface area contributed by atoms with Crippen molar-refractivity contribution in [1.82, 2.24) is 15.5 Å². The Morgan fingerprint density at radius 1 is 1.19 bits per heavy atom. The highest BCUT2D eigenvalue weighted by atomic mass is 16.5. The van der Waals surface area contributed by atoms with Gasteiger partial charge in [-0.3, -0.25) is 4.99 Å². The number of nitrogens with one attached hydrogen (secondary N) is 2. The van der Waals surface area contributed by atoms with Crippen molar-refractivity contribution < 1.29 is 9.47 Å². The van der Waals surface area contributed by atoms with Gasteiger partial charge in [0.25, 0.3) is 0 Å². The monoisotopic (exact) mass is 364 g/mol. The molecule has 0 fully saturated rings. The molecule has 0 aromatic heterocycles. The predicted octanol–water partition coefficient (Wildman–Crippen LogP) is 2.32. The molecule has 2 N–H and O–H groups in total. The van der Waals surface area contributed by atoms with E-state index >= 15 is 0 Å². The summed E-state index contributed by atoms with van der Waals surface area (Å²) in [6, 6.07) is 8.14. The lowest BCUT2D eigenvalue weighted by Crippen LogP contribution is -2.41. The Labute approximate surface area is 159 Å². The molecule has 6 nitrogen and oxygen atoms in total. The molecule has 26 heavy (non-hydrogen) atoms. The first-order valence-electron chi connectivity index (χ1n) is 9.44. The van der Waals surface area contributed by atoms with E-state index < -0.39 is 0 Å². The average Bonchev–Trinajstić information content (AvgIpc) is 2.66. The van der Waals surface area contributed by atoms with Gasteiger partial charge in [-0.25, -0.2) is 0 Å². The van der Waals surface area contributed by atoms with E-state index in [0.29, 0.717) is 12.5 Å². The fraction of sp³-hybridized carbons (Fsp3) is 0.650. The maximum atomic E-state index is 5.46. The molecule has 1 rings (SSSR count). The zero-order valence-electron chi connectivity index (χ0n) is 17.0. The van der Waals surface area contributed by atoms with E-state index in [9.17, 15) is 0 Å². The Bertz CT molecular complexity index is 522. The zero-order valence-corrected chi connectivity index (χ0v) is 17.0. The van der Waals surface area contributed by atoms with E-state index in [1.54, 1.807) is 14.2 Å². The summed E-state index contributed by atoms with van der Waals surface area (Å²) in [6.07, 6.45) is 1.05. The van der Waals surface area contributed by atoms with Crippen LogP contribution in [0, 0.1) is 0 Å². The van der Waals surface area contributed by atoms with Crippen LogP contribution in [0.4, 0.5) is 0 Å². The minimum atomic E-state index is 0.290. The Balaban J connectivity index is 2.49. The molecule has 6 heteroatoms. The molecule has 148 valence electrons. The fourth-order valence-corrected chi connectivity index (χ4v) is 2.70. The van der Waals surface area contributed by atoms with Crippen LogP contribution in [-0.4, -0.2) is 71.5 Å². The summed E-state index contributed by atoms with van der Waals surface area (Å²) in [4.78, 5) is 7.04. The van der Waals surface area contributed by atoms with Crippen LogP contribution < -0.4 is 15.4 Å². The number of hydrogen-bond donors (Lipinski definition) is 2. The summed E-state index contributed by atoms with van der Waals surface area (Å²) in [5.74, 6) is 2.07. The van der Waals surface area contributed by atoms with Crippen molar-refractivity contribution in [2.24, 2.45) is 4.99 Å². The Kier molecular flexibility index (Phi) is 11.5. The van der Waals surface area contributed by atoms with Crippen molar-refractivity contribution >= 4 is 5.96 Å². The maximum Gasteiger partial charge on any atom is 0.191 e. The van der Waals surface area contributed by atoms with Gasteiger partial charge in [0.2, 0.25) is 0 Å². The van der Waals surface area contributed by atoms with Crippen molar-refractivity contribution in [3.63, 3.8) is 0 Å². The minimum absolute atomic E-state index is 0.290. The van der Waals surface area contributed by atoms with Gasteiger partial charge < -0.3 is 25.0 Å². The van der Waals surface area contributed by atoms with Gasteiger partial charge in [0.1, 0.15) is 5.75 Å². The summed E-state index contributed by atoms with van der Waals surface area (Å²) < 4.78 is 10.6. The molecule has 0 bridgehead atoms. The van der Waals surface area contributed by atoms with Gasteiger partial charge in [0, 0.05) is 52.4 Å². The standard InChI is InChI=1S/C20H36N4O2/c1-6-21-20(22-12-14-24(3)13-9-15-25-4)23-16-17(2)18-10-7-8-11-19(18)26-5/h7-8,10-11,17H,6,9,12-16H2,1-5H3,(H2,21,22,23). The highest BCUT2D eigenvalue weighted by Crippen LogP contribution is 2.26. The van der Waals surface area contributed by atoms with Gasteiger partial charge in [-0.1, -0.05) is 25.1 Å². The molecule has 1 aromatic carbocycles. The van der Waals surface area contributed by atoms with Crippen molar-refractivity contribution in [3.05, 3.63) is 29.8 Å². The Morgan fingerprint density at radius 3 is 2.65 bits per heavy atom. The zero-order chi connectivity index (χ0) is 19.2. The number of ether oxygens (including phenoxy) is 2. The topological polar surface area (TPSA) is 58.1 Å². The molecule has 0 amide bonds. The van der Waals surface area contributed by atoms with Gasteiger partial charge in [-0.05, 0) is 32.0 Å². The van der Waals surface area contributed by atoms with Crippen LogP contribution in [0.25, 0.3) is 0 Å². The first-order chi connectivity index (χ1) is 12.6. The van der Waals surface area contributed by atoms with Gasteiger partial charge in [-0.15, -0.1) is 0 Å².